The van der Waals surface area contributed by atoms with Crippen molar-refractivity contribution >= 4 is 57.6 Å². The Bertz CT molecular complexity index is 820. The van der Waals surface area contributed by atoms with Crippen LogP contribution in [0.4, 0.5) is 11.4 Å². The topological polar surface area (TPSA) is 69.6 Å². The SMILES string of the molecule is O=C(O)c1ccc(Nc2ccc(C(=O)N3CCCCC3)cc2SCI)cc1. The number of anilines is 2. The molecule has 5 nitrogen and oxygen atoms in total. The number of aromatic carboxylic acids is 1. The molecule has 0 aliphatic carbocycles. The average Bonchev–Trinajstić information content (AvgIpc) is 2.70. The summed E-state index contributed by atoms with van der Waals surface area (Å²) in [6.07, 6.45) is 3.35. The summed E-state index contributed by atoms with van der Waals surface area (Å²) in [5.74, 6) is -0.842. The Morgan fingerprint density at radius 3 is 2.33 bits per heavy atom. The van der Waals surface area contributed by atoms with Gasteiger partial charge in [-0.05, 0) is 61.7 Å². The van der Waals surface area contributed by atoms with Crippen LogP contribution >= 0.6 is 34.4 Å². The summed E-state index contributed by atoms with van der Waals surface area (Å²) in [7, 11) is 0. The molecular weight excluding hydrogens is 475 g/mol. The van der Waals surface area contributed by atoms with Gasteiger partial charge >= 0.3 is 5.97 Å². The maximum Gasteiger partial charge on any atom is 0.335 e. The monoisotopic (exact) mass is 496 g/mol. The molecule has 0 radical (unpaired) electrons. The molecule has 0 aromatic heterocycles. The minimum absolute atomic E-state index is 0.0994. The van der Waals surface area contributed by atoms with Crippen molar-refractivity contribution < 1.29 is 14.7 Å². The van der Waals surface area contributed by atoms with Crippen molar-refractivity contribution in [2.45, 2.75) is 24.2 Å². The number of nitrogens with zero attached hydrogens (tertiary/aromatic N) is 1. The predicted octanol–water partition coefficient (Wildman–Crippen LogP) is 5.24. The molecule has 2 aromatic carbocycles. The number of piperidine rings is 1. The fourth-order valence-electron chi connectivity index (χ4n) is 3.07. The molecule has 1 fully saturated rings. The Balaban J connectivity index is 1.80. The van der Waals surface area contributed by atoms with E-state index in [9.17, 15) is 9.59 Å². The largest absolute Gasteiger partial charge is 0.478 e. The number of halogens is 1. The van der Waals surface area contributed by atoms with E-state index in [0.29, 0.717) is 0 Å². The van der Waals surface area contributed by atoms with Crippen molar-refractivity contribution in [2.75, 3.05) is 22.2 Å². The van der Waals surface area contributed by atoms with Gasteiger partial charge in [-0.15, -0.1) is 11.8 Å². The number of likely N-dealkylation sites (tertiary alicyclic amines) is 1. The first-order valence-corrected chi connectivity index (χ1v) is 11.3. The van der Waals surface area contributed by atoms with Crippen molar-refractivity contribution in [3.05, 3.63) is 53.6 Å². The number of carbonyl (C=O) groups is 2. The molecule has 1 amide bonds. The summed E-state index contributed by atoms with van der Waals surface area (Å²) in [6.45, 7) is 1.67. The fraction of sp³-hybridized carbons (Fsp3) is 0.300. The summed E-state index contributed by atoms with van der Waals surface area (Å²) >= 11 is 3.96. The molecule has 0 spiro atoms. The highest BCUT2D eigenvalue weighted by Crippen LogP contribution is 2.32. The molecule has 0 unspecified atom stereocenters. The number of alkyl halides is 1. The Hall–Kier alpha value is -1.74. The highest BCUT2D eigenvalue weighted by atomic mass is 127. The van der Waals surface area contributed by atoms with Crippen LogP contribution in [0.1, 0.15) is 40.0 Å². The summed E-state index contributed by atoms with van der Waals surface area (Å²) in [6, 6.07) is 12.4. The van der Waals surface area contributed by atoms with Crippen LogP contribution < -0.4 is 5.32 Å². The Kier molecular flexibility index (Phi) is 7.01. The molecule has 0 saturated carbocycles. The smallest absolute Gasteiger partial charge is 0.335 e. The molecule has 7 heteroatoms. The van der Waals surface area contributed by atoms with Gasteiger partial charge in [-0.3, -0.25) is 4.79 Å². The minimum atomic E-state index is -0.941. The van der Waals surface area contributed by atoms with Gasteiger partial charge in [0.05, 0.1) is 15.0 Å². The van der Waals surface area contributed by atoms with Crippen molar-refractivity contribution in [3.63, 3.8) is 0 Å². The van der Waals surface area contributed by atoms with E-state index in [0.717, 1.165) is 51.5 Å². The Morgan fingerprint density at radius 2 is 1.70 bits per heavy atom. The van der Waals surface area contributed by atoms with Crippen LogP contribution in [0, 0.1) is 0 Å². The molecule has 3 rings (SSSR count). The number of carbonyl (C=O) groups excluding carboxylic acids is 1. The van der Waals surface area contributed by atoms with E-state index in [1.54, 1.807) is 36.0 Å². The van der Waals surface area contributed by atoms with E-state index in [1.165, 1.54) is 6.42 Å². The number of benzene rings is 2. The van der Waals surface area contributed by atoms with Gasteiger partial charge in [-0.2, -0.15) is 0 Å². The first kappa shape index (κ1) is 20.0. The van der Waals surface area contributed by atoms with Crippen molar-refractivity contribution in [3.8, 4) is 0 Å². The van der Waals surface area contributed by atoms with Gasteiger partial charge in [0.2, 0.25) is 0 Å². The molecule has 0 bridgehead atoms. The minimum Gasteiger partial charge on any atom is -0.478 e. The number of hydrogen-bond acceptors (Lipinski definition) is 4. The zero-order valence-corrected chi connectivity index (χ0v) is 17.8. The van der Waals surface area contributed by atoms with E-state index in [-0.39, 0.29) is 11.5 Å². The number of nitrogens with one attached hydrogen (secondary N) is 1. The zero-order chi connectivity index (χ0) is 19.2. The number of thioether (sulfide) groups is 1. The Morgan fingerprint density at radius 1 is 1.04 bits per heavy atom. The van der Waals surface area contributed by atoms with Crippen LogP contribution in [-0.2, 0) is 0 Å². The molecule has 2 N–H and O–H groups in total. The quantitative estimate of drug-likeness (QED) is 0.325. The number of hydrogen-bond donors (Lipinski definition) is 2. The molecule has 1 heterocycles. The number of carboxylic acid groups (broad SMARTS) is 1. The third-order valence-corrected chi connectivity index (χ3v) is 6.18. The zero-order valence-electron chi connectivity index (χ0n) is 14.8. The van der Waals surface area contributed by atoms with Crippen LogP contribution in [0.15, 0.2) is 47.4 Å². The van der Waals surface area contributed by atoms with Crippen LogP contribution in [-0.4, -0.2) is 38.7 Å². The van der Waals surface area contributed by atoms with Gasteiger partial charge in [-0.1, -0.05) is 22.6 Å². The lowest BCUT2D eigenvalue weighted by atomic mass is 10.1. The standard InChI is InChI=1S/C20H21IN2O3S/c21-13-27-18-12-15(19(24)23-10-2-1-3-11-23)6-9-17(18)22-16-7-4-14(5-8-16)20(25)26/h4-9,12,22H,1-3,10-11,13H2,(H,25,26). The van der Waals surface area contributed by atoms with Gasteiger partial charge in [-0.25, -0.2) is 4.79 Å². The third kappa shape index (κ3) is 5.16. The molecule has 142 valence electrons. The van der Waals surface area contributed by atoms with Gasteiger partial charge in [0.25, 0.3) is 5.91 Å². The van der Waals surface area contributed by atoms with Gasteiger partial charge in [0.1, 0.15) is 0 Å². The van der Waals surface area contributed by atoms with Crippen LogP contribution in [0.25, 0.3) is 0 Å². The van der Waals surface area contributed by atoms with Gasteiger partial charge in [0.15, 0.2) is 0 Å². The molecule has 1 saturated heterocycles. The van der Waals surface area contributed by atoms with Crippen LogP contribution in [0.3, 0.4) is 0 Å². The van der Waals surface area contributed by atoms with E-state index in [1.807, 2.05) is 23.1 Å². The molecule has 1 aliphatic heterocycles. The van der Waals surface area contributed by atoms with Gasteiger partial charge in [0, 0.05) is 29.2 Å². The highest BCUT2D eigenvalue weighted by molar-refractivity contribution is 14.1. The van der Waals surface area contributed by atoms with Gasteiger partial charge < -0.3 is 15.3 Å². The van der Waals surface area contributed by atoms with Crippen LogP contribution in [0.5, 0.6) is 0 Å². The summed E-state index contributed by atoms with van der Waals surface area (Å²) < 4.78 is 0.867. The molecule has 0 atom stereocenters. The Labute approximate surface area is 176 Å². The summed E-state index contributed by atoms with van der Waals surface area (Å²) in [5, 5.41) is 12.3. The number of rotatable bonds is 6. The molecular formula is C20H21IN2O3S. The first-order chi connectivity index (χ1) is 13.1. The lowest BCUT2D eigenvalue weighted by Crippen LogP contribution is -2.35. The number of carboxylic acids is 1. The molecule has 1 aliphatic rings. The second-order valence-electron chi connectivity index (χ2n) is 6.32. The second-order valence-corrected chi connectivity index (χ2v) is 9.14. The van der Waals surface area contributed by atoms with E-state index in [2.05, 4.69) is 27.9 Å². The van der Waals surface area contributed by atoms with Crippen molar-refractivity contribution in [2.24, 2.45) is 0 Å². The van der Waals surface area contributed by atoms with E-state index < -0.39 is 5.97 Å². The maximum atomic E-state index is 12.8. The van der Waals surface area contributed by atoms with Crippen molar-refractivity contribution in [1.29, 1.82) is 0 Å². The highest BCUT2D eigenvalue weighted by Gasteiger charge is 2.19. The van der Waals surface area contributed by atoms with E-state index in [4.69, 9.17) is 5.11 Å². The van der Waals surface area contributed by atoms with E-state index >= 15 is 0 Å². The fourth-order valence-corrected chi connectivity index (χ4v) is 4.68. The lowest BCUT2D eigenvalue weighted by Gasteiger charge is -2.27. The van der Waals surface area contributed by atoms with Crippen molar-refractivity contribution in [1.82, 2.24) is 4.90 Å². The number of amides is 1. The maximum absolute atomic E-state index is 12.8. The normalized spacial score (nSPS) is 14.0. The summed E-state index contributed by atoms with van der Waals surface area (Å²) in [5.41, 5.74) is 2.70. The van der Waals surface area contributed by atoms with Crippen LogP contribution in [0.2, 0.25) is 0 Å². The second kappa shape index (κ2) is 9.45. The first-order valence-electron chi connectivity index (χ1n) is 8.81. The average molecular weight is 496 g/mol. The summed E-state index contributed by atoms with van der Waals surface area (Å²) in [4.78, 5) is 26.7. The third-order valence-electron chi connectivity index (χ3n) is 4.49. The predicted molar refractivity (Wildman–Crippen MR) is 118 cm³/mol. The molecule has 2 aromatic rings. The molecule has 27 heavy (non-hydrogen) atoms. The lowest BCUT2D eigenvalue weighted by molar-refractivity contribution is 0.0694.